The molecule has 1 aliphatic rings. The first-order valence-corrected chi connectivity index (χ1v) is 11.9. The van der Waals surface area contributed by atoms with Gasteiger partial charge in [0.1, 0.15) is 0 Å². The van der Waals surface area contributed by atoms with Gasteiger partial charge in [0.05, 0.1) is 20.6 Å². The van der Waals surface area contributed by atoms with E-state index in [4.69, 9.17) is 23.2 Å². The SMILES string of the molecule is O=S(=O)(c1ccc(Cl)c(Cl)c1)N1CCN(Cc2csc(-c3ncccn3)n2)CC1. The minimum atomic E-state index is -3.60. The molecule has 0 N–H and O–H groups in total. The van der Waals surface area contributed by atoms with Crippen LogP contribution in [0.25, 0.3) is 10.8 Å². The van der Waals surface area contributed by atoms with Gasteiger partial charge in [-0.15, -0.1) is 11.3 Å². The summed E-state index contributed by atoms with van der Waals surface area (Å²) in [5, 5.41) is 3.33. The molecule has 3 heterocycles. The molecule has 0 unspecified atom stereocenters. The van der Waals surface area contributed by atoms with E-state index >= 15 is 0 Å². The summed E-state index contributed by atoms with van der Waals surface area (Å²) in [5.41, 5.74) is 0.929. The zero-order chi connectivity index (χ0) is 20.4. The summed E-state index contributed by atoms with van der Waals surface area (Å²) in [6.45, 7) is 2.71. The smallest absolute Gasteiger partial charge is 0.243 e. The molecule has 7 nitrogen and oxygen atoms in total. The number of thiazole rings is 1. The lowest BCUT2D eigenvalue weighted by molar-refractivity contribution is 0.180. The Morgan fingerprint density at radius 1 is 1.03 bits per heavy atom. The summed E-state index contributed by atoms with van der Waals surface area (Å²) in [5.74, 6) is 0.612. The number of hydrogen-bond acceptors (Lipinski definition) is 7. The van der Waals surface area contributed by atoms with Gasteiger partial charge in [-0.2, -0.15) is 4.31 Å². The molecule has 29 heavy (non-hydrogen) atoms. The largest absolute Gasteiger partial charge is 0.295 e. The number of sulfonamides is 1. The van der Waals surface area contributed by atoms with Crippen molar-refractivity contribution in [3.63, 3.8) is 0 Å². The molecule has 0 saturated carbocycles. The first-order chi connectivity index (χ1) is 13.9. The summed E-state index contributed by atoms with van der Waals surface area (Å²) >= 11 is 13.4. The van der Waals surface area contributed by atoms with Gasteiger partial charge >= 0.3 is 0 Å². The highest BCUT2D eigenvalue weighted by Gasteiger charge is 2.29. The van der Waals surface area contributed by atoms with Crippen LogP contribution in [0.4, 0.5) is 0 Å². The molecule has 11 heteroatoms. The van der Waals surface area contributed by atoms with E-state index < -0.39 is 10.0 Å². The lowest BCUT2D eigenvalue weighted by atomic mass is 10.3. The summed E-state index contributed by atoms with van der Waals surface area (Å²) in [6.07, 6.45) is 3.38. The van der Waals surface area contributed by atoms with Gasteiger partial charge in [-0.05, 0) is 24.3 Å². The molecule has 1 saturated heterocycles. The second-order valence-electron chi connectivity index (χ2n) is 6.47. The van der Waals surface area contributed by atoms with Crippen molar-refractivity contribution in [2.24, 2.45) is 0 Å². The third-order valence-electron chi connectivity index (χ3n) is 4.55. The van der Waals surface area contributed by atoms with Crippen LogP contribution >= 0.6 is 34.5 Å². The number of halogens is 2. The van der Waals surface area contributed by atoms with E-state index in [0.29, 0.717) is 43.6 Å². The van der Waals surface area contributed by atoms with Gasteiger partial charge in [0.15, 0.2) is 10.8 Å². The van der Waals surface area contributed by atoms with Crippen LogP contribution in [0.3, 0.4) is 0 Å². The lowest BCUT2D eigenvalue weighted by Gasteiger charge is -2.33. The molecule has 1 aliphatic heterocycles. The minimum absolute atomic E-state index is 0.160. The molecule has 3 aromatic rings. The third-order valence-corrected chi connectivity index (χ3v) is 8.08. The molecule has 4 rings (SSSR count). The van der Waals surface area contributed by atoms with Crippen LogP contribution < -0.4 is 0 Å². The zero-order valence-corrected chi connectivity index (χ0v) is 18.3. The highest BCUT2D eigenvalue weighted by molar-refractivity contribution is 7.89. The average molecular weight is 470 g/mol. The molecule has 2 aromatic heterocycles. The molecule has 152 valence electrons. The standard InChI is InChI=1S/C18H17Cl2N5O2S2/c19-15-3-2-14(10-16(15)20)29(26,27)25-8-6-24(7-9-25)11-13-12-28-18(23-13)17-21-4-1-5-22-17/h1-5,10,12H,6-9,11H2. The fourth-order valence-corrected chi connectivity index (χ4v) is 5.60. The maximum absolute atomic E-state index is 12.9. The van der Waals surface area contributed by atoms with Gasteiger partial charge < -0.3 is 0 Å². The highest BCUT2D eigenvalue weighted by Crippen LogP contribution is 2.27. The topological polar surface area (TPSA) is 79.3 Å². The lowest BCUT2D eigenvalue weighted by Crippen LogP contribution is -2.48. The van der Waals surface area contributed by atoms with E-state index in [1.165, 1.54) is 33.8 Å². The number of hydrogen-bond donors (Lipinski definition) is 0. The maximum Gasteiger partial charge on any atom is 0.243 e. The summed E-state index contributed by atoms with van der Waals surface area (Å²) in [6, 6.07) is 6.15. The number of nitrogens with zero attached hydrogens (tertiary/aromatic N) is 5. The molecule has 0 aliphatic carbocycles. The van der Waals surface area contributed by atoms with Gasteiger partial charge in [0.25, 0.3) is 0 Å². The molecule has 1 aromatic carbocycles. The van der Waals surface area contributed by atoms with Crippen LogP contribution in [0, 0.1) is 0 Å². The van der Waals surface area contributed by atoms with Gasteiger partial charge in [0, 0.05) is 50.5 Å². The first-order valence-electron chi connectivity index (χ1n) is 8.83. The van der Waals surface area contributed by atoms with Crippen molar-refractivity contribution in [2.75, 3.05) is 26.2 Å². The third kappa shape index (κ3) is 4.60. The zero-order valence-electron chi connectivity index (χ0n) is 15.2. The van der Waals surface area contributed by atoms with E-state index in [9.17, 15) is 8.42 Å². The molecule has 1 fully saturated rings. The van der Waals surface area contributed by atoms with Crippen LogP contribution in [-0.2, 0) is 16.6 Å². The van der Waals surface area contributed by atoms with Crippen LogP contribution in [0.15, 0.2) is 46.9 Å². The molecule has 0 radical (unpaired) electrons. The average Bonchev–Trinajstić information content (AvgIpc) is 3.19. The second kappa shape index (κ2) is 8.63. The predicted octanol–water partition coefficient (Wildman–Crippen LogP) is 3.41. The highest BCUT2D eigenvalue weighted by atomic mass is 35.5. The molecule has 0 amide bonds. The van der Waals surface area contributed by atoms with E-state index in [1.54, 1.807) is 18.5 Å². The Hall–Kier alpha value is -1.62. The molecular weight excluding hydrogens is 453 g/mol. The van der Waals surface area contributed by atoms with E-state index in [0.717, 1.165) is 10.7 Å². The Kier molecular flexibility index (Phi) is 6.14. The molecule has 0 spiro atoms. The van der Waals surface area contributed by atoms with Crippen molar-refractivity contribution >= 4 is 44.6 Å². The van der Waals surface area contributed by atoms with Crippen LogP contribution in [0.2, 0.25) is 10.0 Å². The van der Waals surface area contributed by atoms with Gasteiger partial charge in [-0.3, -0.25) is 4.90 Å². The monoisotopic (exact) mass is 469 g/mol. The Morgan fingerprint density at radius 3 is 2.45 bits per heavy atom. The minimum Gasteiger partial charge on any atom is -0.295 e. The van der Waals surface area contributed by atoms with Crippen LogP contribution in [-0.4, -0.2) is 58.8 Å². The number of piperazine rings is 1. The Balaban J connectivity index is 1.38. The van der Waals surface area contributed by atoms with Crippen LogP contribution in [0.1, 0.15) is 5.69 Å². The maximum atomic E-state index is 12.9. The van der Waals surface area contributed by atoms with Crippen molar-refractivity contribution < 1.29 is 8.42 Å². The number of aromatic nitrogens is 3. The van der Waals surface area contributed by atoms with Crippen molar-refractivity contribution in [1.82, 2.24) is 24.2 Å². The number of rotatable bonds is 5. The fourth-order valence-electron chi connectivity index (χ4n) is 3.04. The van der Waals surface area contributed by atoms with E-state index in [-0.39, 0.29) is 9.92 Å². The Morgan fingerprint density at radius 2 is 1.76 bits per heavy atom. The fraction of sp³-hybridized carbons (Fsp3) is 0.278. The summed E-state index contributed by atoms with van der Waals surface area (Å²) in [4.78, 5) is 15.4. The molecule has 0 bridgehead atoms. The van der Waals surface area contributed by atoms with Gasteiger partial charge in [0.2, 0.25) is 10.0 Å². The second-order valence-corrected chi connectivity index (χ2v) is 10.1. The predicted molar refractivity (Wildman–Crippen MR) is 114 cm³/mol. The van der Waals surface area contributed by atoms with Gasteiger partial charge in [-0.1, -0.05) is 23.2 Å². The molecule has 0 atom stereocenters. The van der Waals surface area contributed by atoms with Crippen molar-refractivity contribution in [3.05, 3.63) is 57.8 Å². The number of benzene rings is 1. The van der Waals surface area contributed by atoms with Crippen LogP contribution in [0.5, 0.6) is 0 Å². The Bertz CT molecular complexity index is 1100. The Labute approximate surface area is 183 Å². The normalized spacial score (nSPS) is 16.2. The molecular formula is C18H17Cl2N5O2S2. The quantitative estimate of drug-likeness (QED) is 0.569. The van der Waals surface area contributed by atoms with E-state index in [1.807, 2.05) is 5.38 Å². The van der Waals surface area contributed by atoms with Crippen molar-refractivity contribution in [2.45, 2.75) is 11.4 Å². The summed E-state index contributed by atoms with van der Waals surface area (Å²) in [7, 11) is -3.60. The van der Waals surface area contributed by atoms with E-state index in [2.05, 4.69) is 19.9 Å². The van der Waals surface area contributed by atoms with Crippen molar-refractivity contribution in [1.29, 1.82) is 0 Å². The summed E-state index contributed by atoms with van der Waals surface area (Å²) < 4.78 is 27.2. The van der Waals surface area contributed by atoms with Crippen molar-refractivity contribution in [3.8, 4) is 10.8 Å². The van der Waals surface area contributed by atoms with Gasteiger partial charge in [-0.25, -0.2) is 23.4 Å². The first kappa shape index (κ1) is 20.6.